The molecule has 18 heavy (non-hydrogen) atoms. The van der Waals surface area contributed by atoms with E-state index in [9.17, 15) is 0 Å². The summed E-state index contributed by atoms with van der Waals surface area (Å²) in [6.07, 6.45) is 7.47. The molecule has 2 fully saturated rings. The van der Waals surface area contributed by atoms with Crippen molar-refractivity contribution in [2.75, 3.05) is 19.6 Å². The Balaban J connectivity index is 1.72. The Hall–Kier alpha value is -0.0400. The molecule has 0 N–H and O–H groups in total. The molecule has 0 radical (unpaired) electrons. The first kappa shape index (κ1) is 14.4. The summed E-state index contributed by atoms with van der Waals surface area (Å²) in [4.78, 5) is 2.68. The van der Waals surface area contributed by atoms with Crippen LogP contribution in [0.4, 0.5) is 0 Å². The molecule has 106 valence electrons. The molecule has 2 aliphatic rings. The molecule has 1 saturated heterocycles. The largest absolute Gasteiger partial charge is 0.302 e. The molecular weight excluding hydrogens is 218 g/mol. The maximum absolute atomic E-state index is 2.68. The first-order valence-corrected chi connectivity index (χ1v) is 8.00. The minimum absolute atomic E-state index is 0.469. The third-order valence-electron chi connectivity index (χ3n) is 4.79. The van der Waals surface area contributed by atoms with Crippen LogP contribution in [0.25, 0.3) is 0 Å². The summed E-state index contributed by atoms with van der Waals surface area (Å²) in [5.41, 5.74) is 1.20. The highest BCUT2D eigenvalue weighted by Crippen LogP contribution is 2.47. The third-order valence-corrected chi connectivity index (χ3v) is 4.79. The van der Waals surface area contributed by atoms with Crippen LogP contribution in [0.2, 0.25) is 0 Å². The van der Waals surface area contributed by atoms with Crippen molar-refractivity contribution >= 4 is 0 Å². The van der Waals surface area contributed by atoms with Crippen LogP contribution in [0.1, 0.15) is 66.7 Å². The van der Waals surface area contributed by atoms with Gasteiger partial charge in [-0.15, -0.1) is 0 Å². The molecule has 1 spiro atoms. The van der Waals surface area contributed by atoms with Gasteiger partial charge < -0.3 is 4.90 Å². The minimum Gasteiger partial charge on any atom is -0.302 e. The van der Waals surface area contributed by atoms with Crippen molar-refractivity contribution in [2.45, 2.75) is 66.7 Å². The van der Waals surface area contributed by atoms with E-state index in [1.165, 1.54) is 51.7 Å². The highest BCUT2D eigenvalue weighted by Gasteiger charge is 2.45. The maximum Gasteiger partial charge on any atom is 0.00507 e. The van der Waals surface area contributed by atoms with Gasteiger partial charge >= 0.3 is 0 Å². The van der Waals surface area contributed by atoms with Crippen LogP contribution in [0.5, 0.6) is 0 Å². The van der Waals surface area contributed by atoms with E-state index in [4.69, 9.17) is 0 Å². The smallest absolute Gasteiger partial charge is 0.00507 e. The zero-order valence-corrected chi connectivity index (χ0v) is 13.3. The van der Waals surface area contributed by atoms with Gasteiger partial charge in [-0.05, 0) is 54.8 Å². The summed E-state index contributed by atoms with van der Waals surface area (Å²) >= 11 is 0. The van der Waals surface area contributed by atoms with Crippen LogP contribution in [0, 0.1) is 22.7 Å². The SMILES string of the molecule is CC(C)CC1CCC2(CC1)CN(CC(C)(C)C)C2. The molecule has 0 aromatic heterocycles. The highest BCUT2D eigenvalue weighted by atomic mass is 15.2. The van der Waals surface area contributed by atoms with Crippen molar-refractivity contribution in [1.29, 1.82) is 0 Å². The highest BCUT2D eigenvalue weighted by molar-refractivity contribution is 4.98. The minimum atomic E-state index is 0.469. The lowest BCUT2D eigenvalue weighted by atomic mass is 9.64. The van der Waals surface area contributed by atoms with E-state index < -0.39 is 0 Å². The summed E-state index contributed by atoms with van der Waals surface area (Å²) in [5, 5.41) is 0. The molecule has 0 bridgehead atoms. The quantitative estimate of drug-likeness (QED) is 0.710. The van der Waals surface area contributed by atoms with E-state index in [2.05, 4.69) is 39.5 Å². The lowest BCUT2D eigenvalue weighted by Gasteiger charge is -2.55. The summed E-state index contributed by atoms with van der Waals surface area (Å²) < 4.78 is 0. The van der Waals surface area contributed by atoms with E-state index in [1.807, 2.05) is 0 Å². The van der Waals surface area contributed by atoms with Gasteiger partial charge in [-0.3, -0.25) is 0 Å². The molecule has 0 amide bonds. The summed E-state index contributed by atoms with van der Waals surface area (Å²) in [6.45, 7) is 15.9. The molecule has 1 aliphatic heterocycles. The number of likely N-dealkylation sites (tertiary alicyclic amines) is 1. The third kappa shape index (κ3) is 3.73. The van der Waals surface area contributed by atoms with Crippen molar-refractivity contribution in [1.82, 2.24) is 4.90 Å². The molecule has 1 nitrogen and oxygen atoms in total. The fourth-order valence-corrected chi connectivity index (χ4v) is 4.19. The van der Waals surface area contributed by atoms with Gasteiger partial charge in [0.25, 0.3) is 0 Å². The van der Waals surface area contributed by atoms with Gasteiger partial charge in [0.2, 0.25) is 0 Å². The molecule has 2 rings (SSSR count). The standard InChI is InChI=1S/C17H33N/c1-14(2)10-15-6-8-17(9-7-15)12-18(13-17)11-16(3,4)5/h14-15H,6-13H2,1-5H3. The van der Waals surface area contributed by atoms with Gasteiger partial charge in [-0.25, -0.2) is 0 Å². The Kier molecular flexibility index (Phi) is 4.11. The fraction of sp³-hybridized carbons (Fsp3) is 1.00. The maximum atomic E-state index is 2.68. The fourth-order valence-electron chi connectivity index (χ4n) is 4.19. The molecule has 1 heteroatoms. The van der Waals surface area contributed by atoms with Crippen molar-refractivity contribution in [3.8, 4) is 0 Å². The second kappa shape index (κ2) is 5.15. The van der Waals surface area contributed by atoms with Gasteiger partial charge in [0.05, 0.1) is 0 Å². The topological polar surface area (TPSA) is 3.24 Å². The summed E-state index contributed by atoms with van der Waals surface area (Å²) in [6, 6.07) is 0. The Morgan fingerprint density at radius 1 is 1.11 bits per heavy atom. The van der Waals surface area contributed by atoms with Crippen LogP contribution in [-0.4, -0.2) is 24.5 Å². The van der Waals surface area contributed by atoms with Crippen LogP contribution >= 0.6 is 0 Å². The second-order valence-electron chi connectivity index (χ2n) is 8.78. The zero-order valence-electron chi connectivity index (χ0n) is 13.3. The first-order valence-electron chi connectivity index (χ1n) is 8.00. The van der Waals surface area contributed by atoms with E-state index in [0.29, 0.717) is 5.41 Å². The van der Waals surface area contributed by atoms with Crippen LogP contribution in [0.3, 0.4) is 0 Å². The normalized spacial score (nSPS) is 25.7. The number of nitrogens with zero attached hydrogens (tertiary/aromatic N) is 1. The van der Waals surface area contributed by atoms with E-state index >= 15 is 0 Å². The number of hydrogen-bond donors (Lipinski definition) is 0. The van der Waals surface area contributed by atoms with E-state index in [1.54, 1.807) is 0 Å². The molecular formula is C17H33N. The van der Waals surface area contributed by atoms with Gasteiger partial charge in [-0.1, -0.05) is 34.6 Å². The van der Waals surface area contributed by atoms with E-state index in [-0.39, 0.29) is 0 Å². The van der Waals surface area contributed by atoms with Crippen LogP contribution < -0.4 is 0 Å². The van der Waals surface area contributed by atoms with Gasteiger partial charge in [0.1, 0.15) is 0 Å². The van der Waals surface area contributed by atoms with Crippen LogP contribution in [0.15, 0.2) is 0 Å². The van der Waals surface area contributed by atoms with E-state index in [0.717, 1.165) is 17.3 Å². The summed E-state index contributed by atoms with van der Waals surface area (Å²) in [5.74, 6) is 1.93. The Labute approximate surface area is 114 Å². The molecule has 1 saturated carbocycles. The lowest BCUT2D eigenvalue weighted by Crippen LogP contribution is -2.59. The molecule has 0 aromatic carbocycles. The van der Waals surface area contributed by atoms with Gasteiger partial charge in [0, 0.05) is 19.6 Å². The average Bonchev–Trinajstić information content (AvgIpc) is 2.15. The van der Waals surface area contributed by atoms with Crippen LogP contribution in [-0.2, 0) is 0 Å². The van der Waals surface area contributed by atoms with Crippen molar-refractivity contribution in [2.24, 2.45) is 22.7 Å². The molecule has 1 heterocycles. The Morgan fingerprint density at radius 2 is 1.67 bits per heavy atom. The monoisotopic (exact) mass is 251 g/mol. The molecule has 0 atom stereocenters. The lowest BCUT2D eigenvalue weighted by molar-refractivity contribution is -0.0539. The van der Waals surface area contributed by atoms with Crippen molar-refractivity contribution in [3.05, 3.63) is 0 Å². The molecule has 1 aliphatic carbocycles. The van der Waals surface area contributed by atoms with Crippen molar-refractivity contribution in [3.63, 3.8) is 0 Å². The van der Waals surface area contributed by atoms with Gasteiger partial charge in [0.15, 0.2) is 0 Å². The Morgan fingerprint density at radius 3 is 2.11 bits per heavy atom. The number of hydrogen-bond acceptors (Lipinski definition) is 1. The first-order chi connectivity index (χ1) is 8.28. The molecule has 0 aromatic rings. The van der Waals surface area contributed by atoms with Crippen molar-refractivity contribution < 1.29 is 0 Å². The van der Waals surface area contributed by atoms with Gasteiger partial charge in [-0.2, -0.15) is 0 Å². The predicted molar refractivity (Wildman–Crippen MR) is 79.7 cm³/mol. The number of rotatable bonds is 3. The summed E-state index contributed by atoms with van der Waals surface area (Å²) in [7, 11) is 0. The second-order valence-corrected chi connectivity index (χ2v) is 8.78. The average molecular weight is 251 g/mol. The molecule has 0 unspecified atom stereocenters. The Bertz CT molecular complexity index is 258. The zero-order chi connectivity index (χ0) is 13.4. The predicted octanol–water partition coefficient (Wildman–Crippen LogP) is 4.57.